The van der Waals surface area contributed by atoms with Crippen molar-refractivity contribution in [2.75, 3.05) is 25.6 Å². The number of aliphatic hydroxyl groups excluding tert-OH is 1. The third-order valence-corrected chi connectivity index (χ3v) is 4.58. The van der Waals surface area contributed by atoms with Gasteiger partial charge in [0.25, 0.3) is 0 Å². The Morgan fingerprint density at radius 1 is 1.40 bits per heavy atom. The van der Waals surface area contributed by atoms with E-state index >= 15 is 0 Å². The number of hydrogen-bond acceptors (Lipinski definition) is 6. The Kier molecular flexibility index (Phi) is 3.52. The summed E-state index contributed by atoms with van der Waals surface area (Å²) in [5.74, 6) is 1.13. The van der Waals surface area contributed by atoms with Gasteiger partial charge < -0.3 is 19.9 Å². The van der Waals surface area contributed by atoms with Gasteiger partial charge >= 0.3 is 0 Å². The standard InChI is InChI=1S/C14H21N3O3/c1-9-7-12(19-2)17-13(15-9)16-10-8-11(18)14(10)3-5-20-6-4-14/h7,10-11,18H,3-6,8H2,1-2H3,(H,15,16,17)/t10-,11-/m1/s1. The number of rotatable bonds is 3. The Bertz CT molecular complexity index is 489. The number of nitrogens with one attached hydrogen (secondary N) is 1. The SMILES string of the molecule is COc1cc(C)nc(N[C@@H]2C[C@@H](O)C23CCOCC3)n1. The lowest BCUT2D eigenvalue weighted by molar-refractivity contribution is -0.133. The molecule has 6 heteroatoms. The van der Waals surface area contributed by atoms with Crippen LogP contribution in [0, 0.1) is 12.3 Å². The number of nitrogens with zero attached hydrogens (tertiary/aromatic N) is 2. The second-order valence-corrected chi connectivity index (χ2v) is 5.67. The van der Waals surface area contributed by atoms with Crippen LogP contribution in [-0.2, 0) is 4.74 Å². The summed E-state index contributed by atoms with van der Waals surface area (Å²) < 4.78 is 10.6. The lowest BCUT2D eigenvalue weighted by atomic mass is 9.58. The molecule has 2 fully saturated rings. The summed E-state index contributed by atoms with van der Waals surface area (Å²) in [5, 5.41) is 13.5. The van der Waals surface area contributed by atoms with E-state index in [0.717, 1.165) is 25.0 Å². The molecule has 1 saturated carbocycles. The number of ether oxygens (including phenoxy) is 2. The van der Waals surface area contributed by atoms with Gasteiger partial charge in [-0.3, -0.25) is 0 Å². The predicted octanol–water partition coefficient (Wildman–Crippen LogP) is 1.14. The molecule has 2 aliphatic rings. The smallest absolute Gasteiger partial charge is 0.226 e. The van der Waals surface area contributed by atoms with Gasteiger partial charge in [0.15, 0.2) is 0 Å². The van der Waals surface area contributed by atoms with Gasteiger partial charge in [0.1, 0.15) is 0 Å². The quantitative estimate of drug-likeness (QED) is 0.864. The minimum Gasteiger partial charge on any atom is -0.481 e. The molecular formula is C14H21N3O3. The summed E-state index contributed by atoms with van der Waals surface area (Å²) in [6, 6.07) is 2.00. The minimum absolute atomic E-state index is 0.0847. The number of aryl methyl sites for hydroxylation is 1. The number of aromatic nitrogens is 2. The van der Waals surface area contributed by atoms with Crippen LogP contribution in [0.25, 0.3) is 0 Å². The highest BCUT2D eigenvalue weighted by Gasteiger charge is 2.55. The normalized spacial score (nSPS) is 27.9. The van der Waals surface area contributed by atoms with E-state index in [1.807, 2.05) is 6.92 Å². The van der Waals surface area contributed by atoms with E-state index in [9.17, 15) is 5.11 Å². The van der Waals surface area contributed by atoms with Crippen LogP contribution in [0.3, 0.4) is 0 Å². The molecular weight excluding hydrogens is 258 g/mol. The van der Waals surface area contributed by atoms with Crippen LogP contribution in [0.2, 0.25) is 0 Å². The summed E-state index contributed by atoms with van der Waals surface area (Å²) >= 11 is 0. The summed E-state index contributed by atoms with van der Waals surface area (Å²) in [5.41, 5.74) is 0.777. The topological polar surface area (TPSA) is 76.5 Å². The predicted molar refractivity (Wildman–Crippen MR) is 73.8 cm³/mol. The molecule has 2 N–H and O–H groups in total. The maximum Gasteiger partial charge on any atom is 0.226 e. The zero-order valence-electron chi connectivity index (χ0n) is 11.9. The number of aliphatic hydroxyl groups is 1. The first kappa shape index (κ1) is 13.6. The Hall–Kier alpha value is -1.40. The maximum absolute atomic E-state index is 10.2. The van der Waals surface area contributed by atoms with Crippen LogP contribution >= 0.6 is 0 Å². The van der Waals surface area contributed by atoms with Gasteiger partial charge in [-0.15, -0.1) is 0 Å². The van der Waals surface area contributed by atoms with Crippen molar-refractivity contribution < 1.29 is 14.6 Å². The van der Waals surface area contributed by atoms with E-state index < -0.39 is 0 Å². The van der Waals surface area contributed by atoms with Crippen LogP contribution in [0.5, 0.6) is 5.88 Å². The molecule has 110 valence electrons. The fourth-order valence-electron chi connectivity index (χ4n) is 3.26. The van der Waals surface area contributed by atoms with Crippen molar-refractivity contribution in [3.05, 3.63) is 11.8 Å². The van der Waals surface area contributed by atoms with Crippen LogP contribution < -0.4 is 10.1 Å². The van der Waals surface area contributed by atoms with Gasteiger partial charge in [0, 0.05) is 36.4 Å². The van der Waals surface area contributed by atoms with Crippen molar-refractivity contribution in [3.8, 4) is 5.88 Å². The first-order valence-electron chi connectivity index (χ1n) is 7.06. The Labute approximate surface area is 118 Å². The molecule has 0 bridgehead atoms. The molecule has 1 aliphatic heterocycles. The van der Waals surface area contributed by atoms with Crippen molar-refractivity contribution in [1.82, 2.24) is 9.97 Å². The largest absolute Gasteiger partial charge is 0.481 e. The van der Waals surface area contributed by atoms with Crippen LogP contribution in [0.4, 0.5) is 5.95 Å². The molecule has 2 heterocycles. The maximum atomic E-state index is 10.2. The van der Waals surface area contributed by atoms with E-state index in [2.05, 4.69) is 15.3 Å². The average Bonchev–Trinajstić information content (AvgIpc) is 2.47. The molecule has 0 amide bonds. The highest BCUT2D eigenvalue weighted by atomic mass is 16.5. The third-order valence-electron chi connectivity index (χ3n) is 4.58. The molecule has 1 aromatic heterocycles. The lowest BCUT2D eigenvalue weighted by Crippen LogP contribution is -2.62. The van der Waals surface area contributed by atoms with E-state index in [-0.39, 0.29) is 17.6 Å². The lowest BCUT2D eigenvalue weighted by Gasteiger charge is -2.55. The molecule has 0 aromatic carbocycles. The van der Waals surface area contributed by atoms with Gasteiger partial charge in [-0.1, -0.05) is 0 Å². The second-order valence-electron chi connectivity index (χ2n) is 5.67. The van der Waals surface area contributed by atoms with Gasteiger partial charge in [0.05, 0.1) is 13.2 Å². The Balaban J connectivity index is 1.76. The van der Waals surface area contributed by atoms with Crippen LogP contribution in [0.1, 0.15) is 25.0 Å². The monoisotopic (exact) mass is 279 g/mol. The highest BCUT2D eigenvalue weighted by Crippen LogP contribution is 2.49. The molecule has 0 unspecified atom stereocenters. The molecule has 1 saturated heterocycles. The fourth-order valence-corrected chi connectivity index (χ4v) is 3.26. The number of hydrogen-bond donors (Lipinski definition) is 2. The zero-order valence-corrected chi connectivity index (χ0v) is 11.9. The van der Waals surface area contributed by atoms with Crippen LogP contribution in [0.15, 0.2) is 6.07 Å². The molecule has 1 aromatic rings. The van der Waals surface area contributed by atoms with Crippen molar-refractivity contribution in [1.29, 1.82) is 0 Å². The third kappa shape index (κ3) is 2.23. The van der Waals surface area contributed by atoms with E-state index in [1.165, 1.54) is 0 Å². The van der Waals surface area contributed by atoms with E-state index in [4.69, 9.17) is 9.47 Å². The van der Waals surface area contributed by atoms with Crippen molar-refractivity contribution in [3.63, 3.8) is 0 Å². The minimum atomic E-state index is -0.254. The average molecular weight is 279 g/mol. The molecule has 1 aliphatic carbocycles. The van der Waals surface area contributed by atoms with Crippen molar-refractivity contribution in [2.45, 2.75) is 38.3 Å². The van der Waals surface area contributed by atoms with E-state index in [1.54, 1.807) is 13.2 Å². The molecule has 1 spiro atoms. The second kappa shape index (κ2) is 5.18. The Morgan fingerprint density at radius 2 is 2.15 bits per heavy atom. The molecule has 0 radical (unpaired) electrons. The summed E-state index contributed by atoms with van der Waals surface area (Å²) in [7, 11) is 1.60. The van der Waals surface area contributed by atoms with Crippen LogP contribution in [-0.4, -0.2) is 47.5 Å². The number of anilines is 1. The fraction of sp³-hybridized carbons (Fsp3) is 0.714. The number of methoxy groups -OCH3 is 1. The first-order chi connectivity index (χ1) is 9.64. The van der Waals surface area contributed by atoms with Gasteiger partial charge in [-0.05, 0) is 26.2 Å². The highest BCUT2D eigenvalue weighted by molar-refractivity contribution is 5.34. The summed E-state index contributed by atoms with van der Waals surface area (Å²) in [6.45, 7) is 3.34. The van der Waals surface area contributed by atoms with Crippen molar-refractivity contribution in [2.24, 2.45) is 5.41 Å². The van der Waals surface area contributed by atoms with E-state index in [0.29, 0.717) is 25.0 Å². The molecule has 3 rings (SSSR count). The van der Waals surface area contributed by atoms with Gasteiger partial charge in [-0.25, -0.2) is 4.98 Å². The molecule has 20 heavy (non-hydrogen) atoms. The Morgan fingerprint density at radius 3 is 2.80 bits per heavy atom. The molecule has 6 nitrogen and oxygen atoms in total. The molecule has 2 atom stereocenters. The first-order valence-corrected chi connectivity index (χ1v) is 7.06. The van der Waals surface area contributed by atoms with Gasteiger partial charge in [-0.2, -0.15) is 4.98 Å². The van der Waals surface area contributed by atoms with Gasteiger partial charge in [0.2, 0.25) is 11.8 Å². The summed E-state index contributed by atoms with van der Waals surface area (Å²) in [4.78, 5) is 8.71. The zero-order chi connectivity index (χ0) is 14.2. The summed E-state index contributed by atoms with van der Waals surface area (Å²) in [6.07, 6.45) is 2.25. The van der Waals surface area contributed by atoms with Crippen molar-refractivity contribution >= 4 is 5.95 Å².